The van der Waals surface area contributed by atoms with E-state index in [9.17, 15) is 9.59 Å². The van der Waals surface area contributed by atoms with Gasteiger partial charge in [-0.3, -0.25) is 9.59 Å². The van der Waals surface area contributed by atoms with E-state index in [0.29, 0.717) is 18.7 Å². The number of benzene rings is 1. The molecule has 1 N–H and O–H groups in total. The van der Waals surface area contributed by atoms with Gasteiger partial charge in [-0.25, -0.2) is 0 Å². The molecule has 1 amide bonds. The van der Waals surface area contributed by atoms with Gasteiger partial charge in [0.05, 0.1) is 6.42 Å². The van der Waals surface area contributed by atoms with E-state index in [1.807, 2.05) is 30.3 Å². The maximum atomic E-state index is 11.8. The van der Waals surface area contributed by atoms with Crippen molar-refractivity contribution < 1.29 is 14.7 Å². The Hall–Kier alpha value is -1.49. The van der Waals surface area contributed by atoms with Crippen molar-refractivity contribution in [2.45, 2.75) is 19.4 Å². The van der Waals surface area contributed by atoms with Crippen LogP contribution < -0.4 is 0 Å². The normalized spacial score (nSPS) is 10.1. The number of aliphatic carboxylic acids is 1. The second-order valence-electron chi connectivity index (χ2n) is 3.92. The number of rotatable bonds is 7. The molecule has 0 aliphatic heterocycles. The minimum Gasteiger partial charge on any atom is -0.481 e. The van der Waals surface area contributed by atoms with Crippen LogP contribution in [-0.2, 0) is 16.1 Å². The first kappa shape index (κ1) is 14.6. The molecule has 0 aliphatic carbocycles. The molecule has 0 bridgehead atoms. The number of carbonyl (C=O) groups excluding carboxylic acids is 1. The summed E-state index contributed by atoms with van der Waals surface area (Å²) in [6, 6.07) is 9.53. The van der Waals surface area contributed by atoms with Crippen LogP contribution in [0.5, 0.6) is 0 Å². The molecule has 0 spiro atoms. The number of carboxylic acids is 1. The van der Waals surface area contributed by atoms with Crippen molar-refractivity contribution in [1.82, 2.24) is 4.90 Å². The third-order valence-electron chi connectivity index (χ3n) is 2.49. The lowest BCUT2D eigenvalue weighted by atomic mass is 10.2. The van der Waals surface area contributed by atoms with Crippen molar-refractivity contribution in [3.05, 3.63) is 35.9 Å². The van der Waals surface area contributed by atoms with E-state index in [2.05, 4.69) is 12.6 Å². The maximum Gasteiger partial charge on any atom is 0.305 e. The zero-order valence-corrected chi connectivity index (χ0v) is 11.0. The van der Waals surface area contributed by atoms with Crippen molar-refractivity contribution in [3.63, 3.8) is 0 Å². The molecule has 1 aromatic rings. The highest BCUT2D eigenvalue weighted by molar-refractivity contribution is 7.80. The lowest BCUT2D eigenvalue weighted by Gasteiger charge is -2.22. The van der Waals surface area contributed by atoms with Crippen LogP contribution in [0.3, 0.4) is 0 Å². The summed E-state index contributed by atoms with van der Waals surface area (Å²) in [5.74, 6) is -0.487. The Balaban J connectivity index is 2.64. The number of carbonyl (C=O) groups is 2. The molecule has 1 aromatic carbocycles. The van der Waals surface area contributed by atoms with Crippen molar-refractivity contribution in [2.24, 2.45) is 0 Å². The Morgan fingerprint density at radius 1 is 1.17 bits per heavy atom. The van der Waals surface area contributed by atoms with E-state index in [4.69, 9.17) is 5.11 Å². The minimum absolute atomic E-state index is 0.0366. The first-order valence-electron chi connectivity index (χ1n) is 5.78. The summed E-state index contributed by atoms with van der Waals surface area (Å²) in [6.45, 7) is 0.678. The zero-order valence-electron chi connectivity index (χ0n) is 10.1. The Kier molecular flexibility index (Phi) is 6.28. The van der Waals surface area contributed by atoms with Crippen molar-refractivity contribution in [1.29, 1.82) is 0 Å². The van der Waals surface area contributed by atoms with Gasteiger partial charge in [0.15, 0.2) is 0 Å². The zero-order chi connectivity index (χ0) is 13.4. The molecule has 98 valence electrons. The summed E-state index contributed by atoms with van der Waals surface area (Å²) in [7, 11) is 0. The monoisotopic (exact) mass is 267 g/mol. The summed E-state index contributed by atoms with van der Waals surface area (Å²) in [4.78, 5) is 24.0. The predicted molar refractivity (Wildman–Crippen MR) is 72.6 cm³/mol. The molecule has 0 saturated carbocycles. The van der Waals surface area contributed by atoms with Gasteiger partial charge in [-0.15, -0.1) is 0 Å². The fourth-order valence-corrected chi connectivity index (χ4v) is 1.77. The predicted octanol–water partition coefficient (Wildman–Crippen LogP) is 1.81. The molecule has 1 rings (SSSR count). The van der Waals surface area contributed by atoms with E-state index in [0.717, 1.165) is 5.56 Å². The highest BCUT2D eigenvalue weighted by atomic mass is 32.1. The van der Waals surface area contributed by atoms with Gasteiger partial charge < -0.3 is 10.0 Å². The Bertz CT molecular complexity index is 394. The summed E-state index contributed by atoms with van der Waals surface area (Å²) in [5.41, 5.74) is 0.996. The van der Waals surface area contributed by atoms with E-state index in [1.54, 1.807) is 4.90 Å². The van der Waals surface area contributed by atoms with Crippen LogP contribution in [-0.4, -0.2) is 34.2 Å². The van der Waals surface area contributed by atoms with Crippen LogP contribution in [0.1, 0.15) is 18.4 Å². The van der Waals surface area contributed by atoms with Gasteiger partial charge in [-0.1, -0.05) is 30.3 Å². The first-order valence-corrected chi connectivity index (χ1v) is 6.41. The van der Waals surface area contributed by atoms with Crippen LogP contribution in [0.2, 0.25) is 0 Å². The van der Waals surface area contributed by atoms with Crippen LogP contribution in [0.4, 0.5) is 0 Å². The highest BCUT2D eigenvalue weighted by Gasteiger charge is 2.14. The van der Waals surface area contributed by atoms with Gasteiger partial charge in [0, 0.05) is 19.5 Å². The second kappa shape index (κ2) is 7.76. The molecule has 5 heteroatoms. The largest absolute Gasteiger partial charge is 0.481 e. The third kappa shape index (κ3) is 5.23. The molecule has 0 radical (unpaired) electrons. The molecular weight excluding hydrogens is 250 g/mol. The number of nitrogens with zero attached hydrogens (tertiary/aromatic N) is 1. The summed E-state index contributed by atoms with van der Waals surface area (Å²) >= 11 is 4.03. The van der Waals surface area contributed by atoms with E-state index in [-0.39, 0.29) is 18.9 Å². The number of hydrogen-bond donors (Lipinski definition) is 2. The van der Waals surface area contributed by atoms with E-state index in [1.165, 1.54) is 0 Å². The Labute approximate surface area is 112 Å². The average Bonchev–Trinajstić information content (AvgIpc) is 2.35. The molecule has 18 heavy (non-hydrogen) atoms. The quantitative estimate of drug-likeness (QED) is 0.741. The summed E-state index contributed by atoms with van der Waals surface area (Å²) < 4.78 is 0. The van der Waals surface area contributed by atoms with Crippen LogP contribution in [0.25, 0.3) is 0 Å². The van der Waals surface area contributed by atoms with Crippen molar-refractivity contribution in [3.8, 4) is 0 Å². The second-order valence-corrected chi connectivity index (χ2v) is 4.37. The Morgan fingerprint density at radius 2 is 1.83 bits per heavy atom. The number of amides is 1. The molecule has 4 nitrogen and oxygen atoms in total. The van der Waals surface area contributed by atoms with E-state index >= 15 is 0 Å². The molecule has 0 aromatic heterocycles. The van der Waals surface area contributed by atoms with Gasteiger partial charge in [0.2, 0.25) is 5.91 Å². The molecule has 0 unspecified atom stereocenters. The van der Waals surface area contributed by atoms with Gasteiger partial charge in [-0.05, 0) is 11.3 Å². The highest BCUT2D eigenvalue weighted by Crippen LogP contribution is 2.07. The Morgan fingerprint density at radius 3 is 2.39 bits per heavy atom. The third-order valence-corrected chi connectivity index (χ3v) is 2.71. The van der Waals surface area contributed by atoms with Crippen molar-refractivity contribution >= 4 is 24.5 Å². The fourth-order valence-electron chi connectivity index (χ4n) is 1.58. The summed E-state index contributed by atoms with van der Waals surface area (Å²) in [5, 5.41) is 8.69. The fraction of sp³-hybridized carbons (Fsp3) is 0.385. The van der Waals surface area contributed by atoms with Gasteiger partial charge >= 0.3 is 5.97 Å². The smallest absolute Gasteiger partial charge is 0.305 e. The SMILES string of the molecule is O=C(O)CCN(Cc1ccccc1)C(=O)CCS. The molecule has 0 saturated heterocycles. The van der Waals surface area contributed by atoms with Crippen molar-refractivity contribution in [2.75, 3.05) is 12.3 Å². The molecule has 0 atom stereocenters. The van der Waals surface area contributed by atoms with Gasteiger partial charge in [0.25, 0.3) is 0 Å². The molecule has 0 heterocycles. The van der Waals surface area contributed by atoms with Crippen LogP contribution >= 0.6 is 12.6 Å². The molecular formula is C13H17NO3S. The minimum atomic E-state index is -0.897. The van der Waals surface area contributed by atoms with Gasteiger partial charge in [0.1, 0.15) is 0 Å². The van der Waals surface area contributed by atoms with Crippen LogP contribution in [0.15, 0.2) is 30.3 Å². The summed E-state index contributed by atoms with van der Waals surface area (Å²) in [6.07, 6.45) is 0.292. The standard InChI is InChI=1S/C13H17NO3S/c15-12(7-9-18)14(8-6-13(16)17)10-11-4-2-1-3-5-11/h1-5,18H,6-10H2,(H,16,17). The average molecular weight is 267 g/mol. The van der Waals surface area contributed by atoms with Gasteiger partial charge in [-0.2, -0.15) is 12.6 Å². The number of hydrogen-bond acceptors (Lipinski definition) is 3. The number of carboxylic acid groups (broad SMARTS) is 1. The van der Waals surface area contributed by atoms with E-state index < -0.39 is 5.97 Å². The lowest BCUT2D eigenvalue weighted by Crippen LogP contribution is -2.32. The number of thiol groups is 1. The topological polar surface area (TPSA) is 57.6 Å². The molecule has 0 fully saturated rings. The maximum absolute atomic E-state index is 11.8. The van der Waals surface area contributed by atoms with Crippen LogP contribution in [0, 0.1) is 0 Å². The lowest BCUT2D eigenvalue weighted by molar-refractivity contribution is -0.138. The first-order chi connectivity index (χ1) is 8.63. The molecule has 0 aliphatic rings.